The number of carbonyl (C=O) groups is 4. The molecule has 0 saturated heterocycles. The second kappa shape index (κ2) is 10.9. The van der Waals surface area contributed by atoms with E-state index < -0.39 is 28.7 Å². The lowest BCUT2D eigenvalue weighted by Crippen LogP contribution is -2.48. The molecule has 0 aromatic heterocycles. The van der Waals surface area contributed by atoms with Crippen molar-refractivity contribution in [3.63, 3.8) is 0 Å². The lowest BCUT2D eigenvalue weighted by atomic mass is 10.0. The summed E-state index contributed by atoms with van der Waals surface area (Å²) in [6, 6.07) is 23.3. The number of amides is 3. The van der Waals surface area contributed by atoms with E-state index >= 15 is 0 Å². The number of nitro groups is 1. The van der Waals surface area contributed by atoms with Gasteiger partial charge >= 0.3 is 0 Å². The van der Waals surface area contributed by atoms with Crippen molar-refractivity contribution in [2.75, 3.05) is 5.32 Å². The molecule has 1 aliphatic rings. The summed E-state index contributed by atoms with van der Waals surface area (Å²) >= 11 is 6.17. The third-order valence-electron chi connectivity index (χ3n) is 6.54. The van der Waals surface area contributed by atoms with E-state index in [-0.39, 0.29) is 45.3 Å². The molecule has 0 unspecified atom stereocenters. The van der Waals surface area contributed by atoms with Crippen LogP contribution < -0.4 is 5.32 Å². The van der Waals surface area contributed by atoms with Crippen LogP contribution in [0.2, 0.25) is 5.02 Å². The van der Waals surface area contributed by atoms with E-state index in [9.17, 15) is 29.3 Å². The molecular formula is C30H20ClN3O6. The second-order valence-electron chi connectivity index (χ2n) is 9.04. The molecule has 198 valence electrons. The minimum Gasteiger partial charge on any atom is -0.324 e. The summed E-state index contributed by atoms with van der Waals surface area (Å²) in [5.41, 5.74) is 1.33. The van der Waals surface area contributed by atoms with Crippen LogP contribution in [-0.4, -0.2) is 39.4 Å². The van der Waals surface area contributed by atoms with Gasteiger partial charge in [0.1, 0.15) is 6.04 Å². The van der Waals surface area contributed by atoms with Crippen molar-refractivity contribution in [3.05, 3.63) is 140 Å². The van der Waals surface area contributed by atoms with Crippen LogP contribution in [0.25, 0.3) is 0 Å². The first kappa shape index (κ1) is 26.5. The molecule has 0 fully saturated rings. The van der Waals surface area contributed by atoms with Crippen LogP contribution in [0, 0.1) is 10.1 Å². The zero-order valence-electron chi connectivity index (χ0n) is 20.7. The summed E-state index contributed by atoms with van der Waals surface area (Å²) in [6.07, 6.45) is -0.120. The van der Waals surface area contributed by atoms with Gasteiger partial charge in [-0.1, -0.05) is 66.2 Å². The van der Waals surface area contributed by atoms with Crippen LogP contribution in [0.3, 0.4) is 0 Å². The first-order chi connectivity index (χ1) is 19.2. The van der Waals surface area contributed by atoms with Crippen molar-refractivity contribution < 1.29 is 24.1 Å². The van der Waals surface area contributed by atoms with E-state index in [4.69, 9.17) is 11.6 Å². The molecule has 5 rings (SSSR count). The Morgan fingerprint density at radius 2 is 1.45 bits per heavy atom. The predicted molar refractivity (Wildman–Crippen MR) is 147 cm³/mol. The van der Waals surface area contributed by atoms with Crippen molar-refractivity contribution >= 4 is 46.5 Å². The average molecular weight is 554 g/mol. The summed E-state index contributed by atoms with van der Waals surface area (Å²) in [5, 5.41) is 14.1. The number of hydrogen-bond acceptors (Lipinski definition) is 6. The van der Waals surface area contributed by atoms with Gasteiger partial charge in [-0.3, -0.25) is 34.2 Å². The van der Waals surface area contributed by atoms with Crippen molar-refractivity contribution in [2.24, 2.45) is 0 Å². The highest BCUT2D eigenvalue weighted by Crippen LogP contribution is 2.29. The normalized spacial score (nSPS) is 13.1. The highest BCUT2D eigenvalue weighted by atomic mass is 35.5. The van der Waals surface area contributed by atoms with Crippen LogP contribution in [-0.2, 0) is 11.2 Å². The largest absolute Gasteiger partial charge is 0.324 e. The van der Waals surface area contributed by atoms with E-state index in [1.807, 2.05) is 0 Å². The third kappa shape index (κ3) is 5.10. The number of fused-ring (bicyclic) bond motifs is 1. The van der Waals surface area contributed by atoms with E-state index in [1.54, 1.807) is 42.5 Å². The molecule has 4 aromatic rings. The van der Waals surface area contributed by atoms with Crippen molar-refractivity contribution in [1.29, 1.82) is 0 Å². The third-order valence-corrected chi connectivity index (χ3v) is 6.77. The van der Waals surface area contributed by atoms with Gasteiger partial charge in [-0.25, -0.2) is 0 Å². The van der Waals surface area contributed by atoms with Gasteiger partial charge in [0.05, 0.1) is 21.7 Å². The summed E-state index contributed by atoms with van der Waals surface area (Å²) in [7, 11) is 0. The first-order valence-electron chi connectivity index (χ1n) is 12.1. The molecule has 0 aliphatic carbocycles. The molecule has 1 heterocycles. The van der Waals surface area contributed by atoms with E-state index in [0.29, 0.717) is 11.1 Å². The Hall–Kier alpha value is -5.15. The van der Waals surface area contributed by atoms with Gasteiger partial charge in [-0.05, 0) is 35.9 Å². The van der Waals surface area contributed by atoms with Crippen LogP contribution >= 0.6 is 11.6 Å². The molecule has 3 amide bonds. The Kier molecular flexibility index (Phi) is 7.22. The number of rotatable bonds is 8. The van der Waals surface area contributed by atoms with Gasteiger partial charge in [-0.15, -0.1) is 0 Å². The van der Waals surface area contributed by atoms with Gasteiger partial charge in [0.15, 0.2) is 5.78 Å². The number of non-ortho nitro benzene ring substituents is 1. The molecular weight excluding hydrogens is 534 g/mol. The Morgan fingerprint density at radius 3 is 2.05 bits per heavy atom. The number of imide groups is 1. The number of nitrogens with one attached hydrogen (secondary N) is 1. The second-order valence-corrected chi connectivity index (χ2v) is 9.48. The molecule has 0 bridgehead atoms. The highest BCUT2D eigenvalue weighted by molar-refractivity contribution is 6.31. The van der Waals surface area contributed by atoms with E-state index in [0.717, 1.165) is 4.90 Å². The lowest BCUT2D eigenvalue weighted by Gasteiger charge is -2.26. The maximum Gasteiger partial charge on any atom is 0.269 e. The number of nitro benzene ring substituents is 1. The van der Waals surface area contributed by atoms with Gasteiger partial charge in [0, 0.05) is 34.7 Å². The zero-order valence-corrected chi connectivity index (χ0v) is 21.5. The Morgan fingerprint density at radius 1 is 0.850 bits per heavy atom. The van der Waals surface area contributed by atoms with Crippen molar-refractivity contribution in [1.82, 2.24) is 4.90 Å². The summed E-state index contributed by atoms with van der Waals surface area (Å²) in [5.74, 6) is -2.39. The van der Waals surface area contributed by atoms with Crippen LogP contribution in [0.5, 0.6) is 0 Å². The Labute approximate surface area is 233 Å². The molecule has 40 heavy (non-hydrogen) atoms. The fraction of sp³-hybridized carbons (Fsp3) is 0.0667. The minimum atomic E-state index is -1.33. The number of benzene rings is 4. The molecule has 1 N–H and O–H groups in total. The molecule has 0 spiro atoms. The van der Waals surface area contributed by atoms with Crippen LogP contribution in [0.15, 0.2) is 97.1 Å². The summed E-state index contributed by atoms with van der Waals surface area (Å²) in [4.78, 5) is 65.1. The number of halogens is 1. The number of hydrogen-bond donors (Lipinski definition) is 1. The van der Waals surface area contributed by atoms with E-state index in [1.165, 1.54) is 54.6 Å². The average Bonchev–Trinajstić information content (AvgIpc) is 3.22. The molecule has 9 nitrogen and oxygen atoms in total. The Bertz CT molecular complexity index is 1640. The highest BCUT2D eigenvalue weighted by Gasteiger charge is 2.43. The first-order valence-corrected chi connectivity index (χ1v) is 12.5. The number of anilines is 1. The van der Waals surface area contributed by atoms with Crippen LogP contribution in [0.4, 0.5) is 11.4 Å². The molecule has 1 aliphatic heterocycles. The van der Waals surface area contributed by atoms with E-state index in [2.05, 4.69) is 5.32 Å². The minimum absolute atomic E-state index is 0.120. The molecule has 0 saturated carbocycles. The fourth-order valence-corrected chi connectivity index (χ4v) is 4.72. The fourth-order valence-electron chi connectivity index (χ4n) is 4.54. The quantitative estimate of drug-likeness (QED) is 0.136. The number of nitrogens with zero attached hydrogens (tertiary/aromatic N) is 2. The van der Waals surface area contributed by atoms with Gasteiger partial charge < -0.3 is 5.32 Å². The molecule has 1 atom stereocenters. The SMILES string of the molecule is O=C(c1ccccc1)c1cc(Cl)ccc1NC(=O)[C@H](Cc1ccc([N+](=O)[O-])cc1)N1C(=O)c2ccccc2C1=O. The topological polar surface area (TPSA) is 127 Å². The number of ketones is 1. The predicted octanol–water partition coefficient (Wildman–Crippen LogP) is 5.33. The van der Waals surface area contributed by atoms with Crippen molar-refractivity contribution in [2.45, 2.75) is 12.5 Å². The van der Waals surface area contributed by atoms with Gasteiger partial charge in [-0.2, -0.15) is 0 Å². The Balaban J connectivity index is 1.51. The van der Waals surface area contributed by atoms with Gasteiger partial charge in [0.2, 0.25) is 5.91 Å². The van der Waals surface area contributed by atoms with Crippen molar-refractivity contribution in [3.8, 4) is 0 Å². The standard InChI is InChI=1S/C30H20ClN3O6/c31-20-12-15-25(24(17-20)27(35)19-6-2-1-3-7-19)32-28(36)26(16-18-10-13-21(14-11-18)34(39)40)33-29(37)22-8-4-5-9-23(22)30(33)38/h1-15,17,26H,16H2,(H,32,36)/t26-/m0/s1. The smallest absolute Gasteiger partial charge is 0.269 e. The summed E-state index contributed by atoms with van der Waals surface area (Å²) < 4.78 is 0. The molecule has 10 heteroatoms. The van der Waals surface area contributed by atoms with Crippen LogP contribution in [0.1, 0.15) is 42.2 Å². The monoisotopic (exact) mass is 553 g/mol. The molecule has 0 radical (unpaired) electrons. The lowest BCUT2D eigenvalue weighted by molar-refractivity contribution is -0.384. The molecule has 4 aromatic carbocycles. The maximum absolute atomic E-state index is 13.8. The number of carbonyl (C=O) groups excluding carboxylic acids is 4. The van der Waals surface area contributed by atoms with Gasteiger partial charge in [0.25, 0.3) is 17.5 Å². The summed E-state index contributed by atoms with van der Waals surface area (Å²) in [6.45, 7) is 0. The zero-order chi connectivity index (χ0) is 28.4. The maximum atomic E-state index is 13.8.